The van der Waals surface area contributed by atoms with E-state index in [1.807, 2.05) is 0 Å². The normalized spacial score (nSPS) is 12.7. The molecule has 1 aromatic rings. The minimum Gasteiger partial charge on any atom is -0.756 e. The van der Waals surface area contributed by atoms with Crippen molar-refractivity contribution in [3.8, 4) is 0 Å². The molecule has 0 spiro atoms. The number of carboxylic acids is 1. The molecule has 0 radical (unpaired) electrons. The van der Waals surface area contributed by atoms with Gasteiger partial charge in [-0.2, -0.15) is 0 Å². The highest BCUT2D eigenvalue weighted by Crippen LogP contribution is 2.31. The second-order valence-corrected chi connectivity index (χ2v) is 5.06. The number of rotatable bonds is 7. The van der Waals surface area contributed by atoms with Crippen molar-refractivity contribution in [2.24, 2.45) is 5.73 Å². The molecule has 0 saturated carbocycles. The third-order valence-corrected chi connectivity index (χ3v) is 2.54. The first-order chi connectivity index (χ1) is 9.74. The molecule has 0 aliphatic carbocycles. The van der Waals surface area contributed by atoms with Crippen LogP contribution in [-0.2, 0) is 25.3 Å². The summed E-state index contributed by atoms with van der Waals surface area (Å²) < 4.78 is 14.3. The number of nitrogens with two attached hydrogens (primary N) is 1. The summed E-state index contributed by atoms with van der Waals surface area (Å²) in [4.78, 5) is 38.6. The van der Waals surface area contributed by atoms with Gasteiger partial charge in [0.1, 0.15) is 5.78 Å². The van der Waals surface area contributed by atoms with Gasteiger partial charge in [0.15, 0.2) is 0 Å². The summed E-state index contributed by atoms with van der Waals surface area (Å²) in [6.07, 6.45) is -0.0676. The Morgan fingerprint density at radius 2 is 1.81 bits per heavy atom. The SMILES string of the molecule is NCC(=O)CCC(=O)O.O=P([O-])(O)OCc1ccccc1. The molecule has 1 unspecified atom stereocenters. The van der Waals surface area contributed by atoms with E-state index < -0.39 is 13.8 Å². The third kappa shape index (κ3) is 13.2. The fourth-order valence-corrected chi connectivity index (χ4v) is 1.39. The highest BCUT2D eigenvalue weighted by Gasteiger charge is 2.02. The van der Waals surface area contributed by atoms with Gasteiger partial charge in [0.25, 0.3) is 7.82 Å². The van der Waals surface area contributed by atoms with Gasteiger partial charge in [0.2, 0.25) is 0 Å². The van der Waals surface area contributed by atoms with E-state index in [2.05, 4.69) is 4.52 Å². The second kappa shape index (κ2) is 10.2. The third-order valence-electron chi connectivity index (χ3n) is 2.08. The number of aliphatic carboxylic acids is 1. The molecule has 0 heterocycles. The number of carboxylic acid groups (broad SMARTS) is 1. The predicted octanol–water partition coefficient (Wildman–Crippen LogP) is 0.0429. The van der Waals surface area contributed by atoms with Crippen LogP contribution in [0.4, 0.5) is 0 Å². The Labute approximate surface area is 121 Å². The number of ketones is 1. The molecule has 4 N–H and O–H groups in total. The van der Waals surface area contributed by atoms with E-state index in [9.17, 15) is 19.0 Å². The monoisotopic (exact) mass is 318 g/mol. The summed E-state index contributed by atoms with van der Waals surface area (Å²) in [5.74, 6) is -1.17. The van der Waals surface area contributed by atoms with Crippen molar-refractivity contribution >= 4 is 19.6 Å². The highest BCUT2D eigenvalue weighted by atomic mass is 31.2. The van der Waals surface area contributed by atoms with Crippen LogP contribution in [0.1, 0.15) is 18.4 Å². The Hall–Kier alpha value is -1.57. The summed E-state index contributed by atoms with van der Waals surface area (Å²) in [5.41, 5.74) is 5.61. The summed E-state index contributed by atoms with van der Waals surface area (Å²) >= 11 is 0. The standard InChI is InChI=1S/C7H9O4P.C5H9NO3/c8-12(9,10)11-6-7-4-2-1-3-5-7;6-3-4(7)1-2-5(8)9/h1-5H,6H2,(H2,8,9,10);1-3,6H2,(H,8,9)/p-1. The Bertz CT molecular complexity index is 486. The molecule has 0 fully saturated rings. The van der Waals surface area contributed by atoms with Crippen molar-refractivity contribution < 1.29 is 33.6 Å². The molecule has 118 valence electrons. The Balaban J connectivity index is 0.000000400. The highest BCUT2D eigenvalue weighted by molar-refractivity contribution is 7.44. The molecule has 0 amide bonds. The maximum absolute atomic E-state index is 10.3. The smallest absolute Gasteiger partial charge is 0.303 e. The van der Waals surface area contributed by atoms with E-state index in [1.54, 1.807) is 30.3 Å². The molecule has 21 heavy (non-hydrogen) atoms. The van der Waals surface area contributed by atoms with Crippen LogP contribution in [0, 0.1) is 0 Å². The molecule has 8 nitrogen and oxygen atoms in total. The molecule has 1 aromatic carbocycles. The molecule has 0 bridgehead atoms. The summed E-state index contributed by atoms with van der Waals surface area (Å²) in [5, 5.41) is 8.06. The minimum atomic E-state index is -4.58. The van der Waals surface area contributed by atoms with Crippen molar-refractivity contribution in [2.45, 2.75) is 19.4 Å². The van der Waals surface area contributed by atoms with Crippen LogP contribution in [0.15, 0.2) is 30.3 Å². The van der Waals surface area contributed by atoms with Gasteiger partial charge in [0, 0.05) is 6.42 Å². The van der Waals surface area contributed by atoms with Crippen LogP contribution in [0.3, 0.4) is 0 Å². The molecule has 0 aliphatic rings. The number of carbonyl (C=O) groups excluding carboxylic acids is 1. The van der Waals surface area contributed by atoms with Crippen molar-refractivity contribution in [1.82, 2.24) is 0 Å². The molecule has 0 aromatic heterocycles. The van der Waals surface area contributed by atoms with Gasteiger partial charge in [-0.1, -0.05) is 30.3 Å². The van der Waals surface area contributed by atoms with Crippen LogP contribution in [0.5, 0.6) is 0 Å². The van der Waals surface area contributed by atoms with Gasteiger partial charge in [-0.05, 0) is 5.56 Å². The Kier molecular flexibility index (Phi) is 9.44. The number of phosphoric ester groups is 1. The molecule has 1 atom stereocenters. The fourth-order valence-electron chi connectivity index (χ4n) is 1.08. The van der Waals surface area contributed by atoms with Crippen molar-refractivity contribution in [3.63, 3.8) is 0 Å². The van der Waals surface area contributed by atoms with Gasteiger partial charge in [0.05, 0.1) is 19.6 Å². The van der Waals surface area contributed by atoms with Crippen LogP contribution in [0.25, 0.3) is 0 Å². The van der Waals surface area contributed by atoms with Gasteiger partial charge >= 0.3 is 5.97 Å². The fraction of sp³-hybridized carbons (Fsp3) is 0.333. The zero-order valence-electron chi connectivity index (χ0n) is 11.2. The van der Waals surface area contributed by atoms with E-state index in [4.69, 9.17) is 15.7 Å². The van der Waals surface area contributed by atoms with Crippen molar-refractivity contribution in [3.05, 3.63) is 35.9 Å². The number of phosphoric acid groups is 1. The number of hydrogen-bond acceptors (Lipinski definition) is 6. The van der Waals surface area contributed by atoms with E-state index in [0.717, 1.165) is 0 Å². The number of Topliss-reactive ketones (excluding diaryl/α,β-unsaturated/α-hetero) is 1. The second-order valence-electron chi connectivity index (χ2n) is 3.86. The molecule has 0 aliphatic heterocycles. The van der Waals surface area contributed by atoms with Gasteiger partial charge < -0.3 is 25.2 Å². The first-order valence-corrected chi connectivity index (χ1v) is 7.40. The lowest BCUT2D eigenvalue weighted by molar-refractivity contribution is -0.221. The zero-order chi connectivity index (χ0) is 16.3. The van der Waals surface area contributed by atoms with E-state index >= 15 is 0 Å². The first-order valence-electron chi connectivity index (χ1n) is 5.90. The van der Waals surface area contributed by atoms with Gasteiger partial charge in [-0.15, -0.1) is 0 Å². The van der Waals surface area contributed by atoms with Crippen molar-refractivity contribution in [1.29, 1.82) is 0 Å². The molecule has 1 rings (SSSR count). The average Bonchev–Trinajstić information content (AvgIpc) is 2.43. The summed E-state index contributed by atoms with van der Waals surface area (Å²) in [7, 11) is -4.58. The van der Waals surface area contributed by atoms with Crippen LogP contribution < -0.4 is 10.6 Å². The largest absolute Gasteiger partial charge is 0.756 e. The number of benzene rings is 1. The Morgan fingerprint density at radius 3 is 2.24 bits per heavy atom. The van der Waals surface area contributed by atoms with Crippen LogP contribution >= 0.6 is 7.82 Å². The maximum Gasteiger partial charge on any atom is 0.303 e. The van der Waals surface area contributed by atoms with Crippen LogP contribution in [0.2, 0.25) is 0 Å². The number of hydrogen-bond donors (Lipinski definition) is 3. The zero-order valence-corrected chi connectivity index (χ0v) is 12.1. The van der Waals surface area contributed by atoms with Gasteiger partial charge in [-0.25, -0.2) is 0 Å². The molecule has 0 saturated heterocycles. The predicted molar refractivity (Wildman–Crippen MR) is 72.0 cm³/mol. The molecular weight excluding hydrogens is 301 g/mol. The van der Waals surface area contributed by atoms with Crippen LogP contribution in [-0.4, -0.2) is 28.3 Å². The minimum absolute atomic E-state index is 0.0475. The lowest BCUT2D eigenvalue weighted by atomic mass is 10.2. The average molecular weight is 318 g/mol. The quantitative estimate of drug-likeness (QED) is 0.596. The molecule has 9 heteroatoms. The summed E-state index contributed by atoms with van der Waals surface area (Å²) in [6.45, 7) is -0.189. The molecular formula is C12H17NO7P-. The maximum atomic E-state index is 10.3. The van der Waals surface area contributed by atoms with E-state index in [-0.39, 0.29) is 31.8 Å². The van der Waals surface area contributed by atoms with Gasteiger partial charge in [-0.3, -0.25) is 14.2 Å². The van der Waals surface area contributed by atoms with E-state index in [1.165, 1.54) is 0 Å². The Morgan fingerprint density at radius 1 is 1.24 bits per heavy atom. The summed E-state index contributed by atoms with van der Waals surface area (Å²) in [6, 6.07) is 8.72. The lowest BCUT2D eigenvalue weighted by Crippen LogP contribution is -2.14. The number of carbonyl (C=O) groups is 2. The topological polar surface area (TPSA) is 150 Å². The lowest BCUT2D eigenvalue weighted by Gasteiger charge is -2.14. The van der Waals surface area contributed by atoms with E-state index in [0.29, 0.717) is 5.56 Å². The first kappa shape index (κ1) is 19.4. The van der Waals surface area contributed by atoms with Crippen molar-refractivity contribution in [2.75, 3.05) is 6.54 Å².